The lowest BCUT2D eigenvalue weighted by Gasteiger charge is -2.07. The molecule has 0 amide bonds. The Balaban J connectivity index is 2.68. The average Bonchev–Trinajstić information content (AvgIpc) is 2.69. The molecule has 1 aromatic carbocycles. The van der Waals surface area contributed by atoms with E-state index in [-0.39, 0.29) is 4.90 Å². The molecule has 2 rings (SSSR count). The molecular weight excluding hydrogens is 214 g/mol. The maximum atomic E-state index is 11.3. The summed E-state index contributed by atoms with van der Waals surface area (Å²) in [6.07, 6.45) is 4.74. The van der Waals surface area contributed by atoms with Crippen molar-refractivity contribution in [2.45, 2.75) is 4.90 Å². The van der Waals surface area contributed by atoms with Crippen molar-refractivity contribution >= 4 is 10.0 Å². The fourth-order valence-corrected chi connectivity index (χ4v) is 2.05. The zero-order chi connectivity index (χ0) is 10.9. The number of hydrogen-bond acceptors (Lipinski definition) is 3. The van der Waals surface area contributed by atoms with Crippen molar-refractivity contribution in [2.75, 3.05) is 0 Å². The molecule has 0 unspecified atom stereocenters. The van der Waals surface area contributed by atoms with Gasteiger partial charge in [-0.15, -0.1) is 0 Å². The Labute approximate surface area is 87.2 Å². The summed E-state index contributed by atoms with van der Waals surface area (Å²) in [4.78, 5) is 3.94. The van der Waals surface area contributed by atoms with Crippen molar-refractivity contribution < 1.29 is 8.42 Å². The van der Waals surface area contributed by atoms with Crippen molar-refractivity contribution in [3.8, 4) is 5.69 Å². The first-order chi connectivity index (χ1) is 7.09. The normalized spacial score (nSPS) is 11.5. The number of para-hydroxylation sites is 1. The summed E-state index contributed by atoms with van der Waals surface area (Å²) >= 11 is 0. The van der Waals surface area contributed by atoms with Gasteiger partial charge in [-0.2, -0.15) is 0 Å². The van der Waals surface area contributed by atoms with Crippen molar-refractivity contribution in [2.24, 2.45) is 5.14 Å². The van der Waals surface area contributed by atoms with E-state index in [4.69, 9.17) is 5.14 Å². The number of imidazole rings is 1. The fraction of sp³-hybridized carbons (Fsp3) is 0. The van der Waals surface area contributed by atoms with Crippen LogP contribution in [0.3, 0.4) is 0 Å². The summed E-state index contributed by atoms with van der Waals surface area (Å²) in [5.41, 5.74) is 0.498. The number of nitrogens with two attached hydrogens (primary N) is 1. The minimum atomic E-state index is -3.71. The van der Waals surface area contributed by atoms with Crippen molar-refractivity contribution in [1.29, 1.82) is 0 Å². The van der Waals surface area contributed by atoms with Crippen LogP contribution in [0.4, 0.5) is 0 Å². The smallest absolute Gasteiger partial charge is 0.240 e. The van der Waals surface area contributed by atoms with Gasteiger partial charge in [0.1, 0.15) is 4.90 Å². The highest BCUT2D eigenvalue weighted by Crippen LogP contribution is 2.17. The Morgan fingerprint density at radius 3 is 2.60 bits per heavy atom. The average molecular weight is 223 g/mol. The van der Waals surface area contributed by atoms with E-state index in [0.29, 0.717) is 5.69 Å². The minimum Gasteiger partial charge on any atom is -0.305 e. The van der Waals surface area contributed by atoms with Gasteiger partial charge in [-0.3, -0.25) is 0 Å². The van der Waals surface area contributed by atoms with Crippen LogP contribution in [0.1, 0.15) is 0 Å². The quantitative estimate of drug-likeness (QED) is 0.806. The van der Waals surface area contributed by atoms with E-state index in [2.05, 4.69) is 4.98 Å². The molecule has 5 nitrogen and oxygen atoms in total. The van der Waals surface area contributed by atoms with Gasteiger partial charge < -0.3 is 4.57 Å². The van der Waals surface area contributed by atoms with Crippen LogP contribution < -0.4 is 5.14 Å². The summed E-state index contributed by atoms with van der Waals surface area (Å²) < 4.78 is 24.2. The molecule has 1 aromatic heterocycles. The summed E-state index contributed by atoms with van der Waals surface area (Å²) in [5.74, 6) is 0. The van der Waals surface area contributed by atoms with Gasteiger partial charge in [-0.25, -0.2) is 18.5 Å². The monoisotopic (exact) mass is 223 g/mol. The van der Waals surface area contributed by atoms with Crippen LogP contribution in [0.15, 0.2) is 47.9 Å². The van der Waals surface area contributed by atoms with E-state index >= 15 is 0 Å². The predicted octanol–water partition coefficient (Wildman–Crippen LogP) is 0.520. The molecule has 0 saturated carbocycles. The molecule has 0 aliphatic rings. The first-order valence-electron chi connectivity index (χ1n) is 4.19. The van der Waals surface area contributed by atoms with Crippen LogP contribution in [-0.4, -0.2) is 18.0 Å². The van der Waals surface area contributed by atoms with Crippen LogP contribution in [0.5, 0.6) is 0 Å². The minimum absolute atomic E-state index is 0.0861. The molecule has 0 spiro atoms. The molecule has 2 aromatic rings. The molecule has 78 valence electrons. The largest absolute Gasteiger partial charge is 0.305 e. The Morgan fingerprint density at radius 1 is 1.27 bits per heavy atom. The highest BCUT2D eigenvalue weighted by molar-refractivity contribution is 7.89. The van der Waals surface area contributed by atoms with Crippen molar-refractivity contribution in [3.63, 3.8) is 0 Å². The summed E-state index contributed by atoms with van der Waals surface area (Å²) in [6, 6.07) is 6.50. The first-order valence-corrected chi connectivity index (χ1v) is 5.74. The summed E-state index contributed by atoms with van der Waals surface area (Å²) in [7, 11) is -3.71. The number of primary sulfonamides is 1. The molecule has 15 heavy (non-hydrogen) atoms. The lowest BCUT2D eigenvalue weighted by molar-refractivity contribution is 0.597. The fourth-order valence-electron chi connectivity index (χ4n) is 1.31. The van der Waals surface area contributed by atoms with E-state index in [1.165, 1.54) is 12.4 Å². The SMILES string of the molecule is NS(=O)(=O)c1ccccc1-n1ccnc1. The highest BCUT2D eigenvalue weighted by Gasteiger charge is 2.13. The van der Waals surface area contributed by atoms with E-state index in [1.807, 2.05) is 0 Å². The van der Waals surface area contributed by atoms with Crippen molar-refractivity contribution in [1.82, 2.24) is 9.55 Å². The second-order valence-electron chi connectivity index (χ2n) is 2.98. The van der Waals surface area contributed by atoms with Gasteiger partial charge in [0, 0.05) is 12.4 Å². The Bertz CT molecular complexity index is 561. The lowest BCUT2D eigenvalue weighted by Crippen LogP contribution is -2.14. The standard InChI is InChI=1S/C9H9N3O2S/c10-15(13,14)9-4-2-1-3-8(9)12-6-5-11-7-12/h1-7H,(H2,10,13,14). The molecule has 0 aliphatic carbocycles. The Hall–Kier alpha value is -1.66. The molecule has 6 heteroatoms. The van der Waals surface area contributed by atoms with Gasteiger partial charge in [0.2, 0.25) is 10.0 Å². The van der Waals surface area contributed by atoms with Crippen LogP contribution >= 0.6 is 0 Å². The van der Waals surface area contributed by atoms with E-state index in [0.717, 1.165) is 0 Å². The Morgan fingerprint density at radius 2 is 2.00 bits per heavy atom. The molecular formula is C9H9N3O2S. The molecule has 0 atom stereocenters. The van der Waals surface area contributed by atoms with Gasteiger partial charge in [-0.1, -0.05) is 12.1 Å². The molecule has 0 fully saturated rings. The van der Waals surface area contributed by atoms with E-state index < -0.39 is 10.0 Å². The van der Waals surface area contributed by atoms with E-state index in [9.17, 15) is 8.42 Å². The second-order valence-corrected chi connectivity index (χ2v) is 4.51. The third-order valence-corrected chi connectivity index (χ3v) is 2.91. The van der Waals surface area contributed by atoms with Gasteiger partial charge in [0.25, 0.3) is 0 Å². The molecule has 1 heterocycles. The van der Waals surface area contributed by atoms with E-state index in [1.54, 1.807) is 35.2 Å². The second kappa shape index (κ2) is 3.48. The third-order valence-electron chi connectivity index (χ3n) is 1.95. The summed E-state index contributed by atoms with van der Waals surface area (Å²) in [5, 5.41) is 5.10. The topological polar surface area (TPSA) is 78.0 Å². The highest BCUT2D eigenvalue weighted by atomic mass is 32.2. The number of rotatable bonds is 2. The van der Waals surface area contributed by atoms with Gasteiger partial charge in [-0.05, 0) is 12.1 Å². The zero-order valence-electron chi connectivity index (χ0n) is 7.74. The van der Waals surface area contributed by atoms with Crippen LogP contribution in [-0.2, 0) is 10.0 Å². The maximum Gasteiger partial charge on any atom is 0.240 e. The first kappa shape index (κ1) is 9.88. The molecule has 2 N–H and O–H groups in total. The van der Waals surface area contributed by atoms with Crippen molar-refractivity contribution in [3.05, 3.63) is 43.0 Å². The van der Waals surface area contributed by atoms with Crippen LogP contribution in [0.25, 0.3) is 5.69 Å². The molecule has 0 aliphatic heterocycles. The number of aromatic nitrogens is 2. The molecule has 0 saturated heterocycles. The zero-order valence-corrected chi connectivity index (χ0v) is 8.55. The maximum absolute atomic E-state index is 11.3. The number of benzene rings is 1. The van der Waals surface area contributed by atoms with Crippen LogP contribution in [0.2, 0.25) is 0 Å². The molecule has 0 radical (unpaired) electrons. The lowest BCUT2D eigenvalue weighted by atomic mass is 10.3. The summed E-state index contributed by atoms with van der Waals surface area (Å²) in [6.45, 7) is 0. The van der Waals surface area contributed by atoms with Gasteiger partial charge in [0.05, 0.1) is 12.0 Å². The van der Waals surface area contributed by atoms with Crippen LogP contribution in [0, 0.1) is 0 Å². The predicted molar refractivity (Wildman–Crippen MR) is 54.9 cm³/mol. The Kier molecular flexibility index (Phi) is 2.29. The molecule has 0 bridgehead atoms. The number of sulfonamides is 1. The van der Waals surface area contributed by atoms with Gasteiger partial charge in [0.15, 0.2) is 0 Å². The number of hydrogen-bond donors (Lipinski definition) is 1. The number of nitrogens with zero attached hydrogens (tertiary/aromatic N) is 2. The third kappa shape index (κ3) is 1.90. The van der Waals surface area contributed by atoms with Gasteiger partial charge >= 0.3 is 0 Å².